The van der Waals surface area contributed by atoms with E-state index in [1.54, 1.807) is 21.0 Å². The summed E-state index contributed by atoms with van der Waals surface area (Å²) in [4.78, 5) is 13.0. The maximum atomic E-state index is 11.5. The number of hydrogen-bond donors (Lipinski definition) is 1. The first-order valence-corrected chi connectivity index (χ1v) is 5.44. The van der Waals surface area contributed by atoms with Crippen LogP contribution in [0.15, 0.2) is 4.42 Å². The van der Waals surface area contributed by atoms with Crippen molar-refractivity contribution in [3.8, 4) is 0 Å². The molecule has 1 atom stereocenters. The Balaban J connectivity index is 2.55. The van der Waals surface area contributed by atoms with Gasteiger partial charge in [0.15, 0.2) is 0 Å². The largest absolute Gasteiger partial charge is 0.408 e. The Bertz CT molecular complexity index is 353. The molecular weight excluding hydrogens is 232 g/mol. The van der Waals surface area contributed by atoms with E-state index < -0.39 is 6.04 Å². The number of aromatic nitrogens is 2. The number of anilines is 1. The van der Waals surface area contributed by atoms with Crippen LogP contribution in [0.1, 0.15) is 12.8 Å². The molecule has 1 amide bonds. The lowest BCUT2D eigenvalue weighted by Gasteiger charge is -2.16. The van der Waals surface area contributed by atoms with E-state index in [0.29, 0.717) is 18.2 Å². The van der Waals surface area contributed by atoms with Gasteiger partial charge >= 0.3 is 6.01 Å². The fourth-order valence-corrected chi connectivity index (χ4v) is 1.29. The summed E-state index contributed by atoms with van der Waals surface area (Å²) >= 11 is 5.53. The number of nitrogens with zero attached hydrogens (tertiary/aromatic N) is 3. The quantitative estimate of drug-likeness (QED) is 0.776. The van der Waals surface area contributed by atoms with Gasteiger partial charge in [0.25, 0.3) is 0 Å². The van der Waals surface area contributed by atoms with Gasteiger partial charge in [-0.3, -0.25) is 4.79 Å². The molecule has 1 aromatic rings. The van der Waals surface area contributed by atoms with E-state index in [2.05, 4.69) is 15.5 Å². The zero-order chi connectivity index (χ0) is 12.1. The van der Waals surface area contributed by atoms with E-state index in [4.69, 9.17) is 16.0 Å². The van der Waals surface area contributed by atoms with Crippen molar-refractivity contribution in [1.29, 1.82) is 0 Å². The molecule has 0 saturated carbocycles. The van der Waals surface area contributed by atoms with Gasteiger partial charge < -0.3 is 14.6 Å². The number of nitrogens with one attached hydrogen (secondary N) is 1. The molecule has 0 aliphatic heterocycles. The van der Waals surface area contributed by atoms with Crippen LogP contribution in [0.25, 0.3) is 0 Å². The first-order valence-electron chi connectivity index (χ1n) is 4.90. The minimum Gasteiger partial charge on any atom is -0.408 e. The van der Waals surface area contributed by atoms with Gasteiger partial charge in [0.2, 0.25) is 11.8 Å². The Morgan fingerprint density at radius 2 is 2.25 bits per heavy atom. The molecule has 0 aromatic carbocycles. The monoisotopic (exact) mass is 246 g/mol. The van der Waals surface area contributed by atoms with Crippen molar-refractivity contribution in [2.45, 2.75) is 19.4 Å². The summed E-state index contributed by atoms with van der Waals surface area (Å²) in [5, 5.41) is 10.4. The first-order chi connectivity index (χ1) is 7.54. The molecule has 1 aromatic heterocycles. The Kier molecular flexibility index (Phi) is 4.54. The van der Waals surface area contributed by atoms with Gasteiger partial charge in [0.1, 0.15) is 6.04 Å². The molecule has 0 fully saturated rings. The van der Waals surface area contributed by atoms with E-state index >= 15 is 0 Å². The van der Waals surface area contributed by atoms with Crippen LogP contribution < -0.4 is 5.32 Å². The van der Waals surface area contributed by atoms with E-state index in [0.717, 1.165) is 0 Å². The van der Waals surface area contributed by atoms with Crippen LogP contribution in [0.3, 0.4) is 0 Å². The highest BCUT2D eigenvalue weighted by Gasteiger charge is 2.17. The van der Waals surface area contributed by atoms with Crippen molar-refractivity contribution in [3.63, 3.8) is 0 Å². The topological polar surface area (TPSA) is 71.3 Å². The van der Waals surface area contributed by atoms with Gasteiger partial charge in [-0.2, -0.15) is 0 Å². The van der Waals surface area contributed by atoms with E-state index in [9.17, 15) is 4.79 Å². The summed E-state index contributed by atoms with van der Waals surface area (Å²) in [6.45, 7) is 1.73. The zero-order valence-corrected chi connectivity index (χ0v) is 10.3. The molecule has 16 heavy (non-hydrogen) atoms. The lowest BCUT2D eigenvalue weighted by atomic mass is 10.3. The molecule has 0 bridgehead atoms. The number of aryl methyl sites for hydroxylation is 1. The fourth-order valence-electron chi connectivity index (χ4n) is 1.13. The smallest absolute Gasteiger partial charge is 0.316 e. The number of amides is 1. The molecular formula is C9H15ClN4O2. The second kappa shape index (κ2) is 5.69. The molecule has 0 aliphatic rings. The molecule has 0 saturated heterocycles. The summed E-state index contributed by atoms with van der Waals surface area (Å²) in [7, 11) is 3.38. The number of hydrogen-bond acceptors (Lipinski definition) is 5. The predicted molar refractivity (Wildman–Crippen MR) is 60.5 cm³/mol. The van der Waals surface area contributed by atoms with Crippen LogP contribution in [0.2, 0.25) is 0 Å². The Morgan fingerprint density at radius 3 is 2.81 bits per heavy atom. The lowest BCUT2D eigenvalue weighted by molar-refractivity contribution is -0.129. The standard InChI is InChI=1S/C9H15ClN4O2/c1-6(8(15)14(2)3)11-9-13-12-7(16-9)4-5-10/h6H,4-5H2,1-3H3,(H,11,13). The number of likely N-dealkylation sites (N-methyl/N-ethyl adjacent to an activating group) is 1. The summed E-state index contributed by atoms with van der Waals surface area (Å²) in [6, 6.07) is -0.165. The molecule has 1 rings (SSSR count). The lowest BCUT2D eigenvalue weighted by Crippen LogP contribution is -2.36. The first kappa shape index (κ1) is 12.8. The number of carbonyl (C=O) groups is 1. The summed E-state index contributed by atoms with van der Waals surface area (Å²) in [6.07, 6.45) is 0.520. The molecule has 1 unspecified atom stereocenters. The second-order valence-electron chi connectivity index (χ2n) is 3.54. The van der Waals surface area contributed by atoms with E-state index in [1.807, 2.05) is 0 Å². The van der Waals surface area contributed by atoms with Gasteiger partial charge in [-0.15, -0.1) is 16.7 Å². The SMILES string of the molecule is CC(Nc1nnc(CCCl)o1)C(=O)N(C)C. The summed E-state index contributed by atoms with van der Waals surface area (Å²) in [5.74, 6) is 0.826. The predicted octanol–water partition coefficient (Wildman–Crippen LogP) is 0.739. The average Bonchev–Trinajstić information content (AvgIpc) is 2.65. The highest BCUT2D eigenvalue weighted by molar-refractivity contribution is 6.17. The molecule has 6 nitrogen and oxygen atoms in total. The number of alkyl halides is 1. The summed E-state index contributed by atoms with van der Waals surface area (Å²) < 4.78 is 5.24. The normalized spacial score (nSPS) is 12.2. The highest BCUT2D eigenvalue weighted by Crippen LogP contribution is 2.08. The molecule has 0 radical (unpaired) electrons. The van der Waals surface area contributed by atoms with Crippen LogP contribution in [-0.4, -0.2) is 47.0 Å². The fraction of sp³-hybridized carbons (Fsp3) is 0.667. The number of carbonyl (C=O) groups excluding carboxylic acids is 1. The highest BCUT2D eigenvalue weighted by atomic mass is 35.5. The van der Waals surface area contributed by atoms with Crippen molar-refractivity contribution in [2.75, 3.05) is 25.3 Å². The maximum absolute atomic E-state index is 11.5. The van der Waals surface area contributed by atoms with E-state index in [-0.39, 0.29) is 11.9 Å². The van der Waals surface area contributed by atoms with Gasteiger partial charge in [-0.1, -0.05) is 5.10 Å². The third kappa shape index (κ3) is 3.37. The molecule has 1 N–H and O–H groups in total. The number of halogens is 1. The van der Waals surface area contributed by atoms with Crippen LogP contribution in [0.5, 0.6) is 0 Å². The van der Waals surface area contributed by atoms with E-state index in [1.165, 1.54) is 4.90 Å². The van der Waals surface area contributed by atoms with Crippen molar-refractivity contribution >= 4 is 23.5 Å². The third-order valence-electron chi connectivity index (χ3n) is 1.93. The summed E-state index contributed by atoms with van der Waals surface area (Å²) in [5.41, 5.74) is 0. The van der Waals surface area contributed by atoms with Crippen molar-refractivity contribution in [2.24, 2.45) is 0 Å². The molecule has 7 heteroatoms. The molecule has 90 valence electrons. The Morgan fingerprint density at radius 1 is 1.56 bits per heavy atom. The molecule has 0 spiro atoms. The average molecular weight is 247 g/mol. The number of rotatable bonds is 5. The van der Waals surface area contributed by atoms with Gasteiger partial charge in [0.05, 0.1) is 0 Å². The zero-order valence-electron chi connectivity index (χ0n) is 9.53. The van der Waals surface area contributed by atoms with Crippen molar-refractivity contribution < 1.29 is 9.21 Å². The van der Waals surface area contributed by atoms with Gasteiger partial charge in [-0.25, -0.2) is 0 Å². The molecule has 0 aliphatic carbocycles. The van der Waals surface area contributed by atoms with Crippen LogP contribution in [0.4, 0.5) is 6.01 Å². The second-order valence-corrected chi connectivity index (χ2v) is 3.92. The van der Waals surface area contributed by atoms with Crippen LogP contribution in [0, 0.1) is 0 Å². The van der Waals surface area contributed by atoms with Crippen LogP contribution in [-0.2, 0) is 11.2 Å². The van der Waals surface area contributed by atoms with Gasteiger partial charge in [0, 0.05) is 26.4 Å². The Labute approximate surface area is 99.0 Å². The minimum absolute atomic E-state index is 0.0582. The van der Waals surface area contributed by atoms with Gasteiger partial charge in [-0.05, 0) is 6.92 Å². The Hall–Kier alpha value is -1.30. The van der Waals surface area contributed by atoms with Crippen molar-refractivity contribution in [1.82, 2.24) is 15.1 Å². The molecule has 1 heterocycles. The minimum atomic E-state index is -0.403. The van der Waals surface area contributed by atoms with Crippen molar-refractivity contribution in [3.05, 3.63) is 5.89 Å². The van der Waals surface area contributed by atoms with Crippen LogP contribution >= 0.6 is 11.6 Å². The third-order valence-corrected chi connectivity index (χ3v) is 2.12. The maximum Gasteiger partial charge on any atom is 0.316 e.